The van der Waals surface area contributed by atoms with Gasteiger partial charge in [0.05, 0.1) is 27.7 Å². The molecule has 0 unspecified atom stereocenters. The van der Waals surface area contributed by atoms with E-state index in [-0.39, 0.29) is 32.8 Å². The van der Waals surface area contributed by atoms with Gasteiger partial charge in [0.2, 0.25) is 0 Å². The SMILES string of the molecule is COc1cc(/C=C(\C#N)C(=O)Nc2cccc(C(F)(F)F)c2)cc(Cl)c1OCC(=O)Nc1ccc(Cl)c(Cl)c1. The summed E-state index contributed by atoms with van der Waals surface area (Å²) in [5.74, 6) is -1.36. The molecule has 0 radical (unpaired) electrons. The summed E-state index contributed by atoms with van der Waals surface area (Å²) in [6.45, 7) is -0.450. The Balaban J connectivity index is 1.74. The van der Waals surface area contributed by atoms with E-state index in [1.807, 2.05) is 0 Å². The van der Waals surface area contributed by atoms with Gasteiger partial charge in [0.25, 0.3) is 11.8 Å². The fourth-order valence-corrected chi connectivity index (χ4v) is 3.73. The second kappa shape index (κ2) is 12.8. The van der Waals surface area contributed by atoms with E-state index in [1.165, 1.54) is 37.4 Å². The normalized spacial score (nSPS) is 11.4. The van der Waals surface area contributed by atoms with Crippen LogP contribution in [0.2, 0.25) is 15.1 Å². The van der Waals surface area contributed by atoms with Crippen LogP contribution in [0.5, 0.6) is 11.5 Å². The highest BCUT2D eigenvalue weighted by molar-refractivity contribution is 6.42. The van der Waals surface area contributed by atoms with Crippen molar-refractivity contribution in [2.45, 2.75) is 6.18 Å². The molecule has 3 aromatic rings. The number of anilines is 2. The maximum atomic E-state index is 12.9. The van der Waals surface area contributed by atoms with E-state index in [2.05, 4.69) is 10.6 Å². The molecule has 0 bridgehead atoms. The molecule has 0 aliphatic heterocycles. The molecule has 3 aromatic carbocycles. The number of hydrogen-bond donors (Lipinski definition) is 2. The van der Waals surface area contributed by atoms with Gasteiger partial charge in [0.15, 0.2) is 18.1 Å². The van der Waals surface area contributed by atoms with Gasteiger partial charge >= 0.3 is 6.18 Å². The third-order valence-corrected chi connectivity index (χ3v) is 5.95. The zero-order chi connectivity index (χ0) is 28.7. The minimum atomic E-state index is -4.60. The number of rotatable bonds is 8. The van der Waals surface area contributed by atoms with Crippen LogP contribution < -0.4 is 20.1 Å². The molecule has 2 amide bonds. The van der Waals surface area contributed by atoms with Crippen LogP contribution in [0.3, 0.4) is 0 Å². The van der Waals surface area contributed by atoms with Gasteiger partial charge in [-0.15, -0.1) is 0 Å². The van der Waals surface area contributed by atoms with Gasteiger partial charge in [-0.05, 0) is 60.2 Å². The quantitative estimate of drug-likeness (QED) is 0.210. The van der Waals surface area contributed by atoms with Crippen molar-refractivity contribution >= 4 is 64.1 Å². The van der Waals surface area contributed by atoms with E-state index in [4.69, 9.17) is 44.3 Å². The first-order valence-electron chi connectivity index (χ1n) is 10.8. The number of methoxy groups -OCH3 is 1. The molecule has 0 aromatic heterocycles. The molecule has 39 heavy (non-hydrogen) atoms. The summed E-state index contributed by atoms with van der Waals surface area (Å²) in [6, 6.07) is 13.0. The number of alkyl halides is 3. The lowest BCUT2D eigenvalue weighted by Gasteiger charge is -2.14. The molecule has 2 N–H and O–H groups in total. The Morgan fingerprint density at radius 2 is 1.69 bits per heavy atom. The fourth-order valence-electron chi connectivity index (χ4n) is 3.16. The third kappa shape index (κ3) is 8.04. The second-order valence-corrected chi connectivity index (χ2v) is 8.92. The molecular weight excluding hydrogens is 582 g/mol. The zero-order valence-electron chi connectivity index (χ0n) is 19.8. The minimum Gasteiger partial charge on any atom is -0.493 e. The zero-order valence-corrected chi connectivity index (χ0v) is 22.1. The summed E-state index contributed by atoms with van der Waals surface area (Å²) >= 11 is 18.1. The van der Waals surface area contributed by atoms with Crippen LogP contribution in [-0.4, -0.2) is 25.5 Å². The smallest absolute Gasteiger partial charge is 0.416 e. The van der Waals surface area contributed by atoms with Gasteiger partial charge in [-0.3, -0.25) is 9.59 Å². The number of nitrogens with zero attached hydrogens (tertiary/aromatic N) is 1. The fraction of sp³-hybridized carbons (Fsp3) is 0.115. The van der Waals surface area contributed by atoms with Crippen molar-refractivity contribution in [2.75, 3.05) is 24.4 Å². The molecule has 202 valence electrons. The Bertz CT molecular complexity index is 1490. The first-order chi connectivity index (χ1) is 18.4. The highest BCUT2D eigenvalue weighted by Gasteiger charge is 2.30. The minimum absolute atomic E-state index is 0.00138. The number of carbonyl (C=O) groups is 2. The second-order valence-electron chi connectivity index (χ2n) is 7.70. The van der Waals surface area contributed by atoms with Crippen LogP contribution in [0.1, 0.15) is 11.1 Å². The summed E-state index contributed by atoms with van der Waals surface area (Å²) in [5, 5.41) is 14.9. The molecule has 0 fully saturated rings. The predicted molar refractivity (Wildman–Crippen MR) is 142 cm³/mol. The Morgan fingerprint density at radius 1 is 0.974 bits per heavy atom. The maximum Gasteiger partial charge on any atom is 0.416 e. The number of halogens is 6. The van der Waals surface area contributed by atoms with E-state index < -0.39 is 35.7 Å². The van der Waals surface area contributed by atoms with Crippen LogP contribution in [0.15, 0.2) is 60.2 Å². The van der Waals surface area contributed by atoms with Crippen molar-refractivity contribution in [3.05, 3.63) is 86.4 Å². The summed E-state index contributed by atoms with van der Waals surface area (Å²) < 4.78 is 49.6. The Hall–Kier alpha value is -3.91. The molecule has 0 heterocycles. The van der Waals surface area contributed by atoms with Crippen molar-refractivity contribution in [1.82, 2.24) is 0 Å². The molecule has 7 nitrogen and oxygen atoms in total. The number of nitrogens with one attached hydrogen (secondary N) is 2. The lowest BCUT2D eigenvalue weighted by molar-refractivity contribution is -0.137. The molecule has 0 aliphatic rings. The van der Waals surface area contributed by atoms with Crippen LogP contribution in [0, 0.1) is 11.3 Å². The van der Waals surface area contributed by atoms with Gasteiger partial charge in [0, 0.05) is 11.4 Å². The largest absolute Gasteiger partial charge is 0.493 e. The standard InChI is InChI=1S/C26H17Cl3F3N3O4/c1-38-22-9-14(7-15(12-33)25(37)35-17-4-2-3-16(10-17)26(30,31)32)8-21(29)24(22)39-13-23(36)34-18-5-6-19(27)20(28)11-18/h2-11H,13H2,1H3,(H,34,36)(H,35,37)/b15-7+. The van der Waals surface area contributed by atoms with Crippen molar-refractivity contribution < 1.29 is 32.2 Å². The number of hydrogen-bond acceptors (Lipinski definition) is 5. The average molecular weight is 599 g/mol. The first kappa shape index (κ1) is 29.6. The van der Waals surface area contributed by atoms with E-state index in [1.54, 1.807) is 12.1 Å². The monoisotopic (exact) mass is 597 g/mol. The summed E-state index contributed by atoms with van der Waals surface area (Å²) in [5.41, 5.74) is -0.876. The summed E-state index contributed by atoms with van der Waals surface area (Å²) in [7, 11) is 1.31. The Morgan fingerprint density at radius 3 is 2.33 bits per heavy atom. The van der Waals surface area contributed by atoms with E-state index in [9.17, 15) is 28.0 Å². The van der Waals surface area contributed by atoms with Crippen molar-refractivity contribution in [1.29, 1.82) is 5.26 Å². The molecule has 13 heteroatoms. The lowest BCUT2D eigenvalue weighted by atomic mass is 10.1. The van der Waals surface area contributed by atoms with E-state index >= 15 is 0 Å². The van der Waals surface area contributed by atoms with Gasteiger partial charge in [-0.25, -0.2) is 0 Å². The third-order valence-electron chi connectivity index (χ3n) is 4.93. The van der Waals surface area contributed by atoms with Crippen molar-refractivity contribution in [2.24, 2.45) is 0 Å². The van der Waals surface area contributed by atoms with Gasteiger partial charge in [0.1, 0.15) is 11.6 Å². The maximum absolute atomic E-state index is 12.9. The van der Waals surface area contributed by atoms with Gasteiger partial charge < -0.3 is 20.1 Å². The summed E-state index contributed by atoms with van der Waals surface area (Å²) in [4.78, 5) is 24.8. The number of benzene rings is 3. The highest BCUT2D eigenvalue weighted by Crippen LogP contribution is 2.37. The molecule has 3 rings (SSSR count). The predicted octanol–water partition coefficient (Wildman–Crippen LogP) is 7.24. The topological polar surface area (TPSA) is 100 Å². The van der Waals surface area contributed by atoms with Crippen LogP contribution in [0.25, 0.3) is 6.08 Å². The molecule has 0 saturated carbocycles. The number of carbonyl (C=O) groups excluding carboxylic acids is 2. The summed E-state index contributed by atoms with van der Waals surface area (Å²) in [6.07, 6.45) is -3.44. The molecule has 0 aliphatic carbocycles. The lowest BCUT2D eigenvalue weighted by Crippen LogP contribution is -2.20. The van der Waals surface area contributed by atoms with E-state index in [0.29, 0.717) is 10.7 Å². The Labute approximate surface area is 235 Å². The highest BCUT2D eigenvalue weighted by atomic mass is 35.5. The average Bonchev–Trinajstić information content (AvgIpc) is 2.88. The molecule has 0 spiro atoms. The molecule has 0 saturated heterocycles. The number of nitriles is 1. The van der Waals surface area contributed by atoms with Gasteiger partial charge in [-0.2, -0.15) is 18.4 Å². The van der Waals surface area contributed by atoms with Crippen LogP contribution >= 0.6 is 34.8 Å². The van der Waals surface area contributed by atoms with Crippen molar-refractivity contribution in [3.63, 3.8) is 0 Å². The van der Waals surface area contributed by atoms with Crippen LogP contribution in [-0.2, 0) is 15.8 Å². The number of amides is 2. The molecular formula is C26H17Cl3F3N3O4. The Kier molecular flexibility index (Phi) is 9.70. The van der Waals surface area contributed by atoms with Crippen molar-refractivity contribution in [3.8, 4) is 17.6 Å². The number of ether oxygens (including phenoxy) is 2. The van der Waals surface area contributed by atoms with Crippen LogP contribution in [0.4, 0.5) is 24.5 Å². The van der Waals surface area contributed by atoms with E-state index in [0.717, 1.165) is 24.3 Å². The molecule has 0 atom stereocenters. The van der Waals surface area contributed by atoms with Gasteiger partial charge in [-0.1, -0.05) is 40.9 Å². The first-order valence-corrected chi connectivity index (χ1v) is 11.9.